The minimum absolute atomic E-state index is 0.935. The predicted octanol–water partition coefficient (Wildman–Crippen LogP) is 8.65. The van der Waals surface area contributed by atoms with Crippen molar-refractivity contribution in [3.05, 3.63) is 126 Å². The molecule has 0 aliphatic heterocycles. The highest BCUT2D eigenvalue weighted by Gasteiger charge is 2.08. The first-order valence-corrected chi connectivity index (χ1v) is 10.3. The topological polar surface area (TPSA) is 0 Å². The number of hydrogen-bond acceptors (Lipinski definition) is 0. The average Bonchev–Trinajstić information content (AvgIpc) is 2.79. The summed E-state index contributed by atoms with van der Waals surface area (Å²) < 4.78 is 1.08. The van der Waals surface area contributed by atoms with Crippen LogP contribution in [-0.4, -0.2) is 0 Å². The lowest BCUT2D eigenvalue weighted by molar-refractivity contribution is 1.55. The van der Waals surface area contributed by atoms with Gasteiger partial charge in [-0.2, -0.15) is 0 Å². The van der Waals surface area contributed by atoms with Crippen LogP contribution in [0.4, 0.5) is 0 Å². The average molecular weight is 437 g/mol. The van der Waals surface area contributed by atoms with E-state index >= 15 is 0 Å². The monoisotopic (exact) mass is 436 g/mol. The molecule has 29 heavy (non-hydrogen) atoms. The Morgan fingerprint density at radius 2 is 1.14 bits per heavy atom. The quantitative estimate of drug-likeness (QED) is 0.274. The molecule has 0 aromatic heterocycles. The van der Waals surface area contributed by atoms with Gasteiger partial charge in [0.25, 0.3) is 0 Å². The molecule has 0 saturated carbocycles. The Hall–Kier alpha value is -3.16. The van der Waals surface area contributed by atoms with Gasteiger partial charge in [-0.15, -0.1) is 0 Å². The van der Waals surface area contributed by atoms with Gasteiger partial charge < -0.3 is 0 Å². The zero-order valence-corrected chi connectivity index (χ0v) is 17.7. The van der Waals surface area contributed by atoms with Gasteiger partial charge >= 0.3 is 0 Å². The summed E-state index contributed by atoms with van der Waals surface area (Å²) in [7, 11) is 0. The van der Waals surface area contributed by atoms with E-state index in [1.165, 1.54) is 33.4 Å². The van der Waals surface area contributed by atoms with Crippen LogP contribution in [0.5, 0.6) is 0 Å². The number of allylic oxidation sites excluding steroid dienone is 2. The minimum Gasteiger partial charge on any atom is -0.0985 e. The molecule has 0 aliphatic carbocycles. The third-order valence-electron chi connectivity index (χ3n) is 5.03. The van der Waals surface area contributed by atoms with Gasteiger partial charge in [-0.05, 0) is 74.8 Å². The number of rotatable bonds is 5. The molecule has 0 fully saturated rings. The highest BCUT2D eigenvalue weighted by Crippen LogP contribution is 2.34. The lowest BCUT2D eigenvalue weighted by atomic mass is 9.93. The zero-order valence-electron chi connectivity index (χ0n) is 16.1. The van der Waals surface area contributed by atoms with Crippen LogP contribution in [0.15, 0.2) is 121 Å². The van der Waals surface area contributed by atoms with E-state index in [2.05, 4.69) is 120 Å². The summed E-state index contributed by atoms with van der Waals surface area (Å²) in [6.45, 7) is 7.85. The van der Waals surface area contributed by atoms with E-state index in [1.807, 2.05) is 6.07 Å². The Morgan fingerprint density at radius 1 is 0.586 bits per heavy atom. The SMILES string of the molecule is C=CC(=C)c1ccc(-c2cc(-c3ccccc3)cc(-c3cccc(Br)c3)c2)cc1. The van der Waals surface area contributed by atoms with Crippen molar-refractivity contribution in [3.8, 4) is 33.4 Å². The summed E-state index contributed by atoms with van der Waals surface area (Å²) in [6, 6.07) is 34.2. The maximum atomic E-state index is 4.04. The Balaban J connectivity index is 1.86. The molecule has 0 spiro atoms. The Bertz CT molecular complexity index is 1170. The van der Waals surface area contributed by atoms with Crippen LogP contribution in [0, 0.1) is 0 Å². The summed E-state index contributed by atoms with van der Waals surface area (Å²) >= 11 is 3.60. The van der Waals surface area contributed by atoms with Crippen LogP contribution >= 0.6 is 15.9 Å². The van der Waals surface area contributed by atoms with E-state index in [9.17, 15) is 0 Å². The van der Waals surface area contributed by atoms with Crippen molar-refractivity contribution in [1.29, 1.82) is 0 Å². The van der Waals surface area contributed by atoms with Gasteiger partial charge in [0.1, 0.15) is 0 Å². The summed E-state index contributed by atoms with van der Waals surface area (Å²) in [5.74, 6) is 0. The third kappa shape index (κ3) is 4.31. The molecule has 0 heterocycles. The number of halogens is 1. The molecule has 0 saturated heterocycles. The molecular formula is C28H21Br. The summed E-state index contributed by atoms with van der Waals surface area (Å²) in [6.07, 6.45) is 1.79. The molecule has 1 heteroatoms. The molecule has 0 nitrogen and oxygen atoms in total. The molecule has 0 aliphatic rings. The fourth-order valence-electron chi connectivity index (χ4n) is 3.42. The first kappa shape index (κ1) is 19.2. The molecule has 4 rings (SSSR count). The highest BCUT2D eigenvalue weighted by atomic mass is 79.9. The second-order valence-corrected chi connectivity index (χ2v) is 7.90. The largest absolute Gasteiger partial charge is 0.0985 e. The first-order chi connectivity index (χ1) is 14.1. The van der Waals surface area contributed by atoms with Crippen molar-refractivity contribution >= 4 is 21.5 Å². The summed E-state index contributed by atoms with van der Waals surface area (Å²) in [4.78, 5) is 0. The predicted molar refractivity (Wildman–Crippen MR) is 130 cm³/mol. The van der Waals surface area contributed by atoms with Crippen LogP contribution in [-0.2, 0) is 0 Å². The lowest BCUT2D eigenvalue weighted by Crippen LogP contribution is -1.87. The normalized spacial score (nSPS) is 10.5. The molecular weight excluding hydrogens is 416 g/mol. The van der Waals surface area contributed by atoms with Crippen molar-refractivity contribution < 1.29 is 0 Å². The van der Waals surface area contributed by atoms with E-state index in [0.717, 1.165) is 15.6 Å². The molecule has 0 amide bonds. The van der Waals surface area contributed by atoms with Crippen molar-refractivity contribution in [1.82, 2.24) is 0 Å². The molecule has 0 atom stereocenters. The van der Waals surface area contributed by atoms with Crippen molar-refractivity contribution in [3.63, 3.8) is 0 Å². The van der Waals surface area contributed by atoms with Gasteiger partial charge in [-0.25, -0.2) is 0 Å². The van der Waals surface area contributed by atoms with Gasteiger partial charge in [-0.1, -0.05) is 102 Å². The van der Waals surface area contributed by atoms with Crippen LogP contribution in [0.25, 0.3) is 39.0 Å². The lowest BCUT2D eigenvalue weighted by Gasteiger charge is -2.12. The van der Waals surface area contributed by atoms with Crippen molar-refractivity contribution in [2.75, 3.05) is 0 Å². The standard InChI is InChI=1S/C28H21Br/c1-3-20(2)21-12-14-23(15-13-21)26-16-25(22-8-5-4-6-9-22)17-27(18-26)24-10-7-11-28(29)19-24/h3-19H,1-2H2. The molecule has 140 valence electrons. The summed E-state index contributed by atoms with van der Waals surface area (Å²) in [5.41, 5.74) is 9.20. The smallest absolute Gasteiger partial charge is 0.0181 e. The Labute approximate surface area is 181 Å². The van der Waals surface area contributed by atoms with Gasteiger partial charge in [0.05, 0.1) is 0 Å². The van der Waals surface area contributed by atoms with Gasteiger partial charge in [0.15, 0.2) is 0 Å². The van der Waals surface area contributed by atoms with E-state index < -0.39 is 0 Å². The second-order valence-electron chi connectivity index (χ2n) is 6.98. The summed E-state index contributed by atoms with van der Waals surface area (Å²) in [5, 5.41) is 0. The van der Waals surface area contributed by atoms with Crippen LogP contribution in [0.1, 0.15) is 5.56 Å². The van der Waals surface area contributed by atoms with E-state index in [-0.39, 0.29) is 0 Å². The third-order valence-corrected chi connectivity index (χ3v) is 5.53. The number of hydrogen-bond donors (Lipinski definition) is 0. The van der Waals surface area contributed by atoms with Crippen LogP contribution < -0.4 is 0 Å². The molecule has 4 aromatic rings. The van der Waals surface area contributed by atoms with Crippen LogP contribution in [0.2, 0.25) is 0 Å². The molecule has 0 radical (unpaired) electrons. The zero-order chi connectivity index (χ0) is 20.2. The van der Waals surface area contributed by atoms with Gasteiger partial charge in [-0.3, -0.25) is 0 Å². The first-order valence-electron chi connectivity index (χ1n) is 9.52. The molecule has 0 unspecified atom stereocenters. The molecule has 0 N–H and O–H groups in total. The Morgan fingerprint density at radius 3 is 1.72 bits per heavy atom. The van der Waals surface area contributed by atoms with Gasteiger partial charge in [0.2, 0.25) is 0 Å². The van der Waals surface area contributed by atoms with Gasteiger partial charge in [0, 0.05) is 4.47 Å². The van der Waals surface area contributed by atoms with E-state index in [1.54, 1.807) is 6.08 Å². The molecule has 0 bridgehead atoms. The minimum atomic E-state index is 0.935. The molecule has 4 aromatic carbocycles. The Kier molecular flexibility index (Phi) is 5.59. The number of benzene rings is 4. The maximum absolute atomic E-state index is 4.04. The maximum Gasteiger partial charge on any atom is 0.0181 e. The fraction of sp³-hybridized carbons (Fsp3) is 0. The van der Waals surface area contributed by atoms with E-state index in [4.69, 9.17) is 0 Å². The highest BCUT2D eigenvalue weighted by molar-refractivity contribution is 9.10. The van der Waals surface area contributed by atoms with Crippen molar-refractivity contribution in [2.45, 2.75) is 0 Å². The van der Waals surface area contributed by atoms with Crippen LogP contribution in [0.3, 0.4) is 0 Å². The van der Waals surface area contributed by atoms with Crippen molar-refractivity contribution in [2.24, 2.45) is 0 Å². The fourth-order valence-corrected chi connectivity index (χ4v) is 3.82. The second kappa shape index (κ2) is 8.46. The van der Waals surface area contributed by atoms with E-state index in [0.29, 0.717) is 0 Å².